The minimum absolute atomic E-state index is 0.0313. The van der Waals surface area contributed by atoms with Crippen molar-refractivity contribution in [3.63, 3.8) is 0 Å². The summed E-state index contributed by atoms with van der Waals surface area (Å²) in [6.07, 6.45) is 7.01. The van der Waals surface area contributed by atoms with E-state index in [2.05, 4.69) is 37.5 Å². The molecule has 4 saturated heterocycles. The third-order valence-electron chi connectivity index (χ3n) is 6.31. The molecular weight excluding hydrogens is 276 g/mol. The van der Waals surface area contributed by atoms with Gasteiger partial charge >= 0.3 is 0 Å². The molecule has 2 N–H and O–H groups in total. The molecule has 4 rings (SSSR count). The molecule has 0 spiro atoms. The minimum atomic E-state index is -0.0313. The Morgan fingerprint density at radius 2 is 1.05 bits per heavy atom. The van der Waals surface area contributed by atoms with Gasteiger partial charge in [0.15, 0.2) is 0 Å². The minimum Gasteiger partial charge on any atom is -0.391 e. The fourth-order valence-corrected chi connectivity index (χ4v) is 5.61. The molecule has 6 atom stereocenters. The fraction of sp³-hybridized carbons (Fsp3) is 1.00. The summed E-state index contributed by atoms with van der Waals surface area (Å²) in [4.78, 5) is 4.98. The van der Waals surface area contributed by atoms with Gasteiger partial charge < -0.3 is 10.2 Å². The highest BCUT2D eigenvalue weighted by Crippen LogP contribution is 2.39. The zero-order valence-electron chi connectivity index (χ0n) is 14.7. The van der Waals surface area contributed by atoms with Crippen molar-refractivity contribution in [2.24, 2.45) is 0 Å². The van der Waals surface area contributed by atoms with Crippen LogP contribution < -0.4 is 0 Å². The molecule has 0 aliphatic carbocycles. The van der Waals surface area contributed by atoms with E-state index < -0.39 is 0 Å². The van der Waals surface area contributed by atoms with Gasteiger partial charge in [-0.1, -0.05) is 0 Å². The smallest absolute Gasteiger partial charge is 0.0710 e. The molecular formula is C18H34N2O2. The lowest BCUT2D eigenvalue weighted by Crippen LogP contribution is -2.37. The predicted octanol–water partition coefficient (Wildman–Crippen LogP) is 1.98. The van der Waals surface area contributed by atoms with Gasteiger partial charge in [0, 0.05) is 36.3 Å². The highest BCUT2D eigenvalue weighted by Gasteiger charge is 2.47. The fourth-order valence-electron chi connectivity index (χ4n) is 5.61. The highest BCUT2D eigenvalue weighted by atomic mass is 16.3. The van der Waals surface area contributed by atoms with E-state index >= 15 is 0 Å². The van der Waals surface area contributed by atoms with E-state index in [-0.39, 0.29) is 12.2 Å². The molecule has 4 aliphatic rings. The number of hydrogen-bond acceptors (Lipinski definition) is 4. The normalized spacial score (nSPS) is 44.2. The zero-order valence-corrected chi connectivity index (χ0v) is 14.7. The first-order chi connectivity index (χ1) is 10.4. The Morgan fingerprint density at radius 3 is 1.18 bits per heavy atom. The van der Waals surface area contributed by atoms with Crippen molar-refractivity contribution in [2.45, 2.75) is 115 Å². The first-order valence-electron chi connectivity index (χ1n) is 9.31. The highest BCUT2D eigenvalue weighted by molar-refractivity contribution is 5.02. The Hall–Kier alpha value is -0.160. The molecule has 0 radical (unpaired) electrons. The van der Waals surface area contributed by atoms with Gasteiger partial charge in [0.1, 0.15) is 0 Å². The molecule has 0 amide bonds. The summed E-state index contributed by atoms with van der Waals surface area (Å²) >= 11 is 0. The Balaban J connectivity index is 0.000000131. The van der Waals surface area contributed by atoms with Gasteiger partial charge in [0.25, 0.3) is 0 Å². The van der Waals surface area contributed by atoms with Gasteiger partial charge in [0.2, 0.25) is 0 Å². The van der Waals surface area contributed by atoms with Gasteiger partial charge in [0.05, 0.1) is 12.2 Å². The monoisotopic (exact) mass is 310 g/mol. The third kappa shape index (κ3) is 2.83. The van der Waals surface area contributed by atoms with Crippen molar-refractivity contribution in [1.82, 2.24) is 9.80 Å². The molecule has 0 aromatic carbocycles. The van der Waals surface area contributed by atoms with E-state index in [0.717, 1.165) is 12.8 Å². The molecule has 0 aromatic heterocycles. The SMILES string of the molecule is CC(C)N1C2CCC1C(O)C2.CC(C)N1C2CCC1C(O)C2. The van der Waals surface area contributed by atoms with Crippen LogP contribution in [0.1, 0.15) is 66.2 Å². The molecule has 0 saturated carbocycles. The number of aliphatic hydroxyl groups is 2. The molecule has 22 heavy (non-hydrogen) atoms. The first-order valence-corrected chi connectivity index (χ1v) is 9.31. The van der Waals surface area contributed by atoms with Crippen molar-refractivity contribution < 1.29 is 10.2 Å². The lowest BCUT2D eigenvalue weighted by atomic mass is 9.98. The Bertz CT molecular complexity index is 351. The van der Waals surface area contributed by atoms with Crippen LogP contribution in [-0.4, -0.2) is 68.5 Å². The quantitative estimate of drug-likeness (QED) is 0.819. The molecule has 128 valence electrons. The number of aliphatic hydroxyl groups excluding tert-OH is 2. The lowest BCUT2D eigenvalue weighted by molar-refractivity contribution is 0.109. The van der Waals surface area contributed by atoms with Crippen molar-refractivity contribution in [3.05, 3.63) is 0 Å². The van der Waals surface area contributed by atoms with Gasteiger partial charge in [-0.3, -0.25) is 9.80 Å². The molecule has 4 bridgehead atoms. The average molecular weight is 310 g/mol. The van der Waals surface area contributed by atoms with Crippen LogP contribution >= 0.6 is 0 Å². The van der Waals surface area contributed by atoms with E-state index in [9.17, 15) is 10.2 Å². The average Bonchev–Trinajstić information content (AvgIpc) is 3.14. The maximum atomic E-state index is 9.60. The van der Waals surface area contributed by atoms with Crippen LogP contribution in [-0.2, 0) is 0 Å². The van der Waals surface area contributed by atoms with Gasteiger partial charge in [-0.15, -0.1) is 0 Å². The van der Waals surface area contributed by atoms with E-state index in [1.807, 2.05) is 0 Å². The number of hydrogen-bond donors (Lipinski definition) is 2. The van der Waals surface area contributed by atoms with Crippen LogP contribution in [0.2, 0.25) is 0 Å². The second-order valence-electron chi connectivity index (χ2n) is 8.29. The molecule has 4 fully saturated rings. The van der Waals surface area contributed by atoms with E-state index in [0.29, 0.717) is 36.3 Å². The molecule has 4 nitrogen and oxygen atoms in total. The lowest BCUT2D eigenvalue weighted by Gasteiger charge is -2.26. The maximum Gasteiger partial charge on any atom is 0.0710 e. The molecule has 4 heteroatoms. The number of rotatable bonds is 2. The second-order valence-corrected chi connectivity index (χ2v) is 8.29. The van der Waals surface area contributed by atoms with Crippen LogP contribution in [0.3, 0.4) is 0 Å². The summed E-state index contributed by atoms with van der Waals surface area (Å²) in [5.74, 6) is 0. The zero-order chi connectivity index (χ0) is 16.0. The molecule has 0 aromatic rings. The van der Waals surface area contributed by atoms with E-state index in [1.165, 1.54) is 25.7 Å². The van der Waals surface area contributed by atoms with Crippen molar-refractivity contribution in [1.29, 1.82) is 0 Å². The first kappa shape index (κ1) is 16.7. The Kier molecular flexibility index (Phi) is 4.84. The van der Waals surface area contributed by atoms with E-state index in [4.69, 9.17) is 0 Å². The van der Waals surface area contributed by atoms with Crippen molar-refractivity contribution in [2.75, 3.05) is 0 Å². The van der Waals surface area contributed by atoms with Crippen LogP contribution in [0.25, 0.3) is 0 Å². The van der Waals surface area contributed by atoms with Crippen LogP contribution in [0.15, 0.2) is 0 Å². The largest absolute Gasteiger partial charge is 0.391 e. The number of fused-ring (bicyclic) bond motifs is 4. The maximum absolute atomic E-state index is 9.60. The molecule has 4 aliphatic heterocycles. The summed E-state index contributed by atoms with van der Waals surface area (Å²) in [7, 11) is 0. The molecule has 4 heterocycles. The van der Waals surface area contributed by atoms with Crippen molar-refractivity contribution >= 4 is 0 Å². The standard InChI is InChI=1S/2C9H17NO/c2*1-6(2)10-7-3-4-8(10)9(11)5-7/h2*6-9,11H,3-5H2,1-2H3. The van der Waals surface area contributed by atoms with Crippen LogP contribution in [0, 0.1) is 0 Å². The van der Waals surface area contributed by atoms with E-state index in [1.54, 1.807) is 0 Å². The Morgan fingerprint density at radius 1 is 0.682 bits per heavy atom. The van der Waals surface area contributed by atoms with Gasteiger partial charge in [-0.2, -0.15) is 0 Å². The van der Waals surface area contributed by atoms with Gasteiger partial charge in [-0.25, -0.2) is 0 Å². The topological polar surface area (TPSA) is 46.9 Å². The second kappa shape index (κ2) is 6.39. The predicted molar refractivity (Wildman–Crippen MR) is 88.8 cm³/mol. The number of nitrogens with zero attached hydrogens (tertiary/aromatic N) is 2. The third-order valence-corrected chi connectivity index (χ3v) is 6.31. The summed E-state index contributed by atoms with van der Waals surface area (Å²) in [5.41, 5.74) is 0. The summed E-state index contributed by atoms with van der Waals surface area (Å²) in [6, 6.07) is 3.58. The summed E-state index contributed by atoms with van der Waals surface area (Å²) < 4.78 is 0. The summed E-state index contributed by atoms with van der Waals surface area (Å²) in [5, 5.41) is 19.2. The molecule has 6 unspecified atom stereocenters. The van der Waals surface area contributed by atoms with Crippen molar-refractivity contribution in [3.8, 4) is 0 Å². The van der Waals surface area contributed by atoms with Crippen LogP contribution in [0.4, 0.5) is 0 Å². The Labute approximate surface area is 135 Å². The van der Waals surface area contributed by atoms with Gasteiger partial charge in [-0.05, 0) is 66.2 Å². The van der Waals surface area contributed by atoms with Crippen LogP contribution in [0.5, 0.6) is 0 Å². The summed E-state index contributed by atoms with van der Waals surface area (Å²) in [6.45, 7) is 8.90.